The fourth-order valence-electron chi connectivity index (χ4n) is 1.83. The Balaban J connectivity index is 4.06. The van der Waals surface area contributed by atoms with Crippen LogP contribution in [0.2, 0.25) is 0 Å². The summed E-state index contributed by atoms with van der Waals surface area (Å²) in [6.45, 7) is 8.76. The lowest BCUT2D eigenvalue weighted by Crippen LogP contribution is -2.39. The van der Waals surface area contributed by atoms with E-state index in [-0.39, 0.29) is 11.8 Å². The SMILES string of the molecule is CNC(=O)C(C)CN(C)CC(CN)C(C)C. The van der Waals surface area contributed by atoms with Crippen molar-refractivity contribution in [2.45, 2.75) is 20.8 Å². The molecule has 0 heterocycles. The topological polar surface area (TPSA) is 58.4 Å². The fourth-order valence-corrected chi connectivity index (χ4v) is 1.83. The van der Waals surface area contributed by atoms with Crippen molar-refractivity contribution >= 4 is 5.91 Å². The summed E-state index contributed by atoms with van der Waals surface area (Å²) in [5.74, 6) is 1.21. The van der Waals surface area contributed by atoms with Gasteiger partial charge in [-0.15, -0.1) is 0 Å². The highest BCUT2D eigenvalue weighted by atomic mass is 16.1. The largest absolute Gasteiger partial charge is 0.359 e. The van der Waals surface area contributed by atoms with Crippen molar-refractivity contribution < 1.29 is 4.79 Å². The standard InChI is InChI=1S/C12H27N3O/c1-9(2)11(6-13)8-15(5)7-10(3)12(16)14-4/h9-11H,6-8,13H2,1-5H3,(H,14,16). The van der Waals surface area contributed by atoms with E-state index in [0.717, 1.165) is 13.1 Å². The third-order valence-corrected chi connectivity index (χ3v) is 3.07. The molecular weight excluding hydrogens is 202 g/mol. The lowest BCUT2D eigenvalue weighted by molar-refractivity contribution is -0.124. The first-order chi connectivity index (χ1) is 7.42. The maximum Gasteiger partial charge on any atom is 0.223 e. The number of nitrogens with zero attached hydrogens (tertiary/aromatic N) is 1. The van der Waals surface area contributed by atoms with E-state index in [1.807, 2.05) is 14.0 Å². The number of hydrogen-bond donors (Lipinski definition) is 2. The second-order valence-corrected chi connectivity index (χ2v) is 4.98. The van der Waals surface area contributed by atoms with Crippen LogP contribution in [0.1, 0.15) is 20.8 Å². The maximum absolute atomic E-state index is 11.4. The number of amides is 1. The Morgan fingerprint density at radius 1 is 1.31 bits per heavy atom. The summed E-state index contributed by atoms with van der Waals surface area (Å²) in [7, 11) is 3.72. The first-order valence-electron chi connectivity index (χ1n) is 6.02. The van der Waals surface area contributed by atoms with Crippen LogP contribution in [0.15, 0.2) is 0 Å². The van der Waals surface area contributed by atoms with Crippen LogP contribution < -0.4 is 11.1 Å². The summed E-state index contributed by atoms with van der Waals surface area (Å²) in [5.41, 5.74) is 5.73. The molecule has 0 fully saturated rings. The van der Waals surface area contributed by atoms with E-state index < -0.39 is 0 Å². The number of hydrogen-bond acceptors (Lipinski definition) is 3. The molecule has 0 bridgehead atoms. The molecule has 0 aromatic heterocycles. The van der Waals surface area contributed by atoms with Gasteiger partial charge in [0.2, 0.25) is 5.91 Å². The molecule has 3 N–H and O–H groups in total. The second kappa shape index (κ2) is 7.63. The Labute approximate surface area is 99.6 Å². The Bertz CT molecular complexity index is 206. The van der Waals surface area contributed by atoms with Crippen molar-refractivity contribution in [3.05, 3.63) is 0 Å². The van der Waals surface area contributed by atoms with Crippen LogP contribution in [0, 0.1) is 17.8 Å². The Morgan fingerprint density at radius 3 is 2.25 bits per heavy atom. The van der Waals surface area contributed by atoms with Gasteiger partial charge >= 0.3 is 0 Å². The molecule has 4 heteroatoms. The van der Waals surface area contributed by atoms with Crippen LogP contribution in [0.25, 0.3) is 0 Å². The number of carbonyl (C=O) groups excluding carboxylic acids is 1. The number of carbonyl (C=O) groups is 1. The quantitative estimate of drug-likeness (QED) is 0.669. The summed E-state index contributed by atoms with van der Waals surface area (Å²) >= 11 is 0. The van der Waals surface area contributed by atoms with E-state index in [2.05, 4.69) is 24.1 Å². The molecule has 4 nitrogen and oxygen atoms in total. The molecule has 96 valence electrons. The molecule has 0 aliphatic heterocycles. The van der Waals surface area contributed by atoms with Gasteiger partial charge in [-0.2, -0.15) is 0 Å². The summed E-state index contributed by atoms with van der Waals surface area (Å²) in [6, 6.07) is 0. The lowest BCUT2D eigenvalue weighted by Gasteiger charge is -2.27. The van der Waals surface area contributed by atoms with Crippen LogP contribution >= 0.6 is 0 Å². The van der Waals surface area contributed by atoms with Crippen molar-refractivity contribution in [1.29, 1.82) is 0 Å². The molecule has 2 unspecified atom stereocenters. The Kier molecular flexibility index (Phi) is 7.34. The van der Waals surface area contributed by atoms with Gasteiger partial charge in [-0.25, -0.2) is 0 Å². The minimum atomic E-state index is 0.0283. The molecule has 0 aliphatic rings. The fraction of sp³-hybridized carbons (Fsp3) is 0.917. The normalized spacial score (nSPS) is 15.2. The van der Waals surface area contributed by atoms with Gasteiger partial charge in [0, 0.05) is 26.1 Å². The van der Waals surface area contributed by atoms with E-state index in [9.17, 15) is 4.79 Å². The van der Waals surface area contributed by atoms with Crippen molar-refractivity contribution in [2.75, 3.05) is 33.7 Å². The molecule has 0 saturated carbocycles. The van der Waals surface area contributed by atoms with Crippen molar-refractivity contribution in [3.63, 3.8) is 0 Å². The minimum Gasteiger partial charge on any atom is -0.359 e. The molecule has 0 aromatic rings. The van der Waals surface area contributed by atoms with E-state index in [1.54, 1.807) is 7.05 Å². The summed E-state index contributed by atoms with van der Waals surface area (Å²) < 4.78 is 0. The van der Waals surface area contributed by atoms with Gasteiger partial charge in [-0.1, -0.05) is 20.8 Å². The zero-order valence-corrected chi connectivity index (χ0v) is 11.3. The smallest absolute Gasteiger partial charge is 0.223 e. The molecule has 2 atom stereocenters. The average Bonchev–Trinajstić information content (AvgIpc) is 2.23. The average molecular weight is 229 g/mol. The Hall–Kier alpha value is -0.610. The third-order valence-electron chi connectivity index (χ3n) is 3.07. The summed E-state index contributed by atoms with van der Waals surface area (Å²) in [4.78, 5) is 13.6. The first kappa shape index (κ1) is 15.4. The molecule has 16 heavy (non-hydrogen) atoms. The van der Waals surface area contributed by atoms with Crippen molar-refractivity contribution in [3.8, 4) is 0 Å². The van der Waals surface area contributed by atoms with Gasteiger partial charge < -0.3 is 16.0 Å². The highest BCUT2D eigenvalue weighted by molar-refractivity contribution is 5.78. The van der Waals surface area contributed by atoms with Crippen LogP contribution in [-0.2, 0) is 4.79 Å². The molecule has 1 amide bonds. The highest BCUT2D eigenvalue weighted by Crippen LogP contribution is 2.11. The molecular formula is C12H27N3O. The summed E-state index contributed by atoms with van der Waals surface area (Å²) in [5, 5.41) is 2.67. The minimum absolute atomic E-state index is 0.0283. The molecule has 0 aromatic carbocycles. The zero-order chi connectivity index (χ0) is 12.7. The van der Waals surface area contributed by atoms with Gasteiger partial charge in [-0.3, -0.25) is 4.79 Å². The van der Waals surface area contributed by atoms with Gasteiger partial charge in [0.25, 0.3) is 0 Å². The van der Waals surface area contributed by atoms with Gasteiger partial charge in [0.1, 0.15) is 0 Å². The second-order valence-electron chi connectivity index (χ2n) is 4.98. The van der Waals surface area contributed by atoms with Crippen molar-refractivity contribution in [1.82, 2.24) is 10.2 Å². The molecule has 0 saturated heterocycles. The van der Waals surface area contributed by atoms with E-state index in [1.165, 1.54) is 0 Å². The predicted molar refractivity (Wildman–Crippen MR) is 68.1 cm³/mol. The molecule has 0 aliphatic carbocycles. The third kappa shape index (κ3) is 5.47. The zero-order valence-electron chi connectivity index (χ0n) is 11.3. The highest BCUT2D eigenvalue weighted by Gasteiger charge is 2.17. The van der Waals surface area contributed by atoms with Crippen molar-refractivity contribution in [2.24, 2.45) is 23.5 Å². The molecule has 0 spiro atoms. The van der Waals surface area contributed by atoms with Gasteiger partial charge in [0.05, 0.1) is 0 Å². The number of nitrogens with two attached hydrogens (primary N) is 1. The van der Waals surface area contributed by atoms with E-state index in [4.69, 9.17) is 5.73 Å². The van der Waals surface area contributed by atoms with Gasteiger partial charge in [-0.05, 0) is 25.4 Å². The van der Waals surface area contributed by atoms with Crippen LogP contribution in [0.4, 0.5) is 0 Å². The van der Waals surface area contributed by atoms with E-state index >= 15 is 0 Å². The predicted octanol–water partition coefficient (Wildman–Crippen LogP) is 0.531. The Morgan fingerprint density at radius 2 is 1.88 bits per heavy atom. The summed E-state index contributed by atoms with van der Waals surface area (Å²) in [6.07, 6.45) is 0. The van der Waals surface area contributed by atoms with Crippen LogP contribution in [0.5, 0.6) is 0 Å². The lowest BCUT2D eigenvalue weighted by atomic mass is 9.95. The number of nitrogens with one attached hydrogen (secondary N) is 1. The van der Waals surface area contributed by atoms with Crippen LogP contribution in [-0.4, -0.2) is 44.5 Å². The maximum atomic E-state index is 11.4. The molecule has 0 radical (unpaired) electrons. The monoisotopic (exact) mass is 229 g/mol. The van der Waals surface area contributed by atoms with Gasteiger partial charge in [0.15, 0.2) is 0 Å². The number of rotatable bonds is 7. The van der Waals surface area contributed by atoms with E-state index in [0.29, 0.717) is 18.4 Å². The first-order valence-corrected chi connectivity index (χ1v) is 6.02. The molecule has 0 rings (SSSR count). The van der Waals surface area contributed by atoms with Crippen LogP contribution in [0.3, 0.4) is 0 Å².